The summed E-state index contributed by atoms with van der Waals surface area (Å²) in [4.78, 5) is 11.7. The van der Waals surface area contributed by atoms with Crippen molar-refractivity contribution in [3.8, 4) is 0 Å². The summed E-state index contributed by atoms with van der Waals surface area (Å²) in [7, 11) is 0. The Morgan fingerprint density at radius 1 is 1.43 bits per heavy atom. The van der Waals surface area contributed by atoms with Crippen LogP contribution in [0.3, 0.4) is 0 Å². The van der Waals surface area contributed by atoms with Crippen molar-refractivity contribution in [1.29, 1.82) is 0 Å². The lowest BCUT2D eigenvalue weighted by molar-refractivity contribution is 0.621. The lowest BCUT2D eigenvalue weighted by atomic mass is 10.0. The normalized spacial score (nSPS) is 14.1. The van der Waals surface area contributed by atoms with E-state index in [1.165, 1.54) is 11.1 Å². The van der Waals surface area contributed by atoms with Gasteiger partial charge in [0, 0.05) is 12.6 Å². The number of nitrogens with two attached hydrogens (primary N) is 1. The average molecular weight is 306 g/mol. The molecule has 2 rings (SSSR count). The predicted molar refractivity (Wildman–Crippen MR) is 86.6 cm³/mol. The number of thioether (sulfide) groups is 1. The van der Waals surface area contributed by atoms with Gasteiger partial charge in [-0.1, -0.05) is 48.5 Å². The summed E-state index contributed by atoms with van der Waals surface area (Å²) < 4.78 is 1.63. The van der Waals surface area contributed by atoms with E-state index in [-0.39, 0.29) is 17.0 Å². The zero-order valence-electron chi connectivity index (χ0n) is 12.7. The number of hydrogen-bond acceptors (Lipinski definition) is 4. The second-order valence-electron chi connectivity index (χ2n) is 5.08. The molecule has 1 heterocycles. The maximum absolute atomic E-state index is 11.7. The first-order chi connectivity index (χ1) is 10.1. The Balaban J connectivity index is 2.35. The highest BCUT2D eigenvalue weighted by Gasteiger charge is 2.23. The molecule has 0 fully saturated rings. The minimum Gasteiger partial charge on any atom is -0.326 e. The zero-order valence-corrected chi connectivity index (χ0v) is 13.5. The van der Waals surface area contributed by atoms with Gasteiger partial charge in [-0.25, -0.2) is 9.89 Å². The van der Waals surface area contributed by atoms with Crippen LogP contribution >= 0.6 is 11.8 Å². The third kappa shape index (κ3) is 3.57. The summed E-state index contributed by atoms with van der Waals surface area (Å²) in [6.07, 6.45) is 0.867. The number of aromatic amines is 1. The second kappa shape index (κ2) is 6.95. The summed E-state index contributed by atoms with van der Waals surface area (Å²) in [5.74, 6) is 0. The molecule has 0 saturated heterocycles. The Morgan fingerprint density at radius 3 is 2.81 bits per heavy atom. The van der Waals surface area contributed by atoms with Crippen LogP contribution in [0, 0.1) is 6.92 Å². The van der Waals surface area contributed by atoms with Crippen LogP contribution in [-0.4, -0.2) is 20.8 Å². The third-order valence-corrected chi connectivity index (χ3v) is 4.90. The van der Waals surface area contributed by atoms with E-state index in [9.17, 15) is 4.79 Å². The summed E-state index contributed by atoms with van der Waals surface area (Å²) >= 11 is 1.55. The summed E-state index contributed by atoms with van der Waals surface area (Å²) in [5.41, 5.74) is 8.50. The Hall–Kier alpha value is -1.53. The third-order valence-electron chi connectivity index (χ3n) is 3.50. The topological polar surface area (TPSA) is 76.7 Å². The van der Waals surface area contributed by atoms with Gasteiger partial charge in [-0.05, 0) is 25.8 Å². The van der Waals surface area contributed by atoms with Gasteiger partial charge in [-0.15, -0.1) is 5.10 Å². The molecule has 3 N–H and O–H groups in total. The number of aryl methyl sites for hydroxylation is 1. The Kier molecular flexibility index (Phi) is 5.25. The van der Waals surface area contributed by atoms with Crippen LogP contribution in [0.25, 0.3) is 0 Å². The first-order valence-corrected chi connectivity index (χ1v) is 8.08. The quantitative estimate of drug-likeness (QED) is 0.804. The lowest BCUT2D eigenvalue weighted by Gasteiger charge is -2.22. The van der Waals surface area contributed by atoms with Gasteiger partial charge in [0.15, 0.2) is 5.16 Å². The van der Waals surface area contributed by atoms with Crippen molar-refractivity contribution >= 4 is 11.8 Å². The van der Waals surface area contributed by atoms with Crippen LogP contribution in [-0.2, 0) is 6.54 Å². The Morgan fingerprint density at radius 2 is 2.19 bits per heavy atom. The molecule has 21 heavy (non-hydrogen) atoms. The summed E-state index contributed by atoms with van der Waals surface area (Å²) in [5, 5.41) is 7.40. The van der Waals surface area contributed by atoms with Crippen LogP contribution < -0.4 is 11.4 Å². The minimum absolute atomic E-state index is 0.00825. The molecule has 1 aromatic heterocycles. The van der Waals surface area contributed by atoms with E-state index in [0.717, 1.165) is 6.42 Å². The molecule has 2 aromatic rings. The van der Waals surface area contributed by atoms with Gasteiger partial charge >= 0.3 is 5.69 Å². The molecule has 0 aliphatic carbocycles. The molecule has 2 atom stereocenters. The van der Waals surface area contributed by atoms with Crippen molar-refractivity contribution in [3.05, 3.63) is 45.9 Å². The first-order valence-electron chi connectivity index (χ1n) is 7.20. The molecule has 0 bridgehead atoms. The monoisotopic (exact) mass is 306 g/mol. The smallest absolute Gasteiger partial charge is 0.326 e. The van der Waals surface area contributed by atoms with E-state index in [0.29, 0.717) is 11.7 Å². The van der Waals surface area contributed by atoms with Crippen molar-refractivity contribution in [1.82, 2.24) is 14.8 Å². The average Bonchev–Trinajstić information content (AvgIpc) is 2.83. The highest BCUT2D eigenvalue weighted by Crippen LogP contribution is 2.36. The lowest BCUT2D eigenvalue weighted by Crippen LogP contribution is -2.26. The fourth-order valence-electron chi connectivity index (χ4n) is 2.25. The van der Waals surface area contributed by atoms with E-state index in [4.69, 9.17) is 5.73 Å². The molecule has 6 heteroatoms. The zero-order chi connectivity index (χ0) is 15.4. The van der Waals surface area contributed by atoms with Crippen LogP contribution in [0.15, 0.2) is 34.2 Å². The number of nitrogens with zero attached hydrogens (tertiary/aromatic N) is 2. The fraction of sp³-hybridized carbons (Fsp3) is 0.467. The minimum atomic E-state index is -0.173. The van der Waals surface area contributed by atoms with Crippen molar-refractivity contribution in [2.45, 2.75) is 50.2 Å². The number of rotatable bonds is 6. The highest BCUT2D eigenvalue weighted by molar-refractivity contribution is 7.99. The standard InChI is InChI=1S/C15H22N4OS/c1-4-12(16)13(11-8-6-7-10(3)9-11)21-15-18-17-14(20)19(15)5-2/h6-9,12-13H,4-5,16H2,1-3H3,(H,17,20). The highest BCUT2D eigenvalue weighted by atomic mass is 32.2. The molecule has 0 aliphatic rings. The molecule has 0 saturated carbocycles. The molecular weight excluding hydrogens is 284 g/mol. The van der Waals surface area contributed by atoms with Crippen LogP contribution in [0.2, 0.25) is 0 Å². The first kappa shape index (κ1) is 15.9. The van der Waals surface area contributed by atoms with Crippen LogP contribution in [0.5, 0.6) is 0 Å². The summed E-state index contributed by atoms with van der Waals surface area (Å²) in [6.45, 7) is 6.67. The predicted octanol–water partition coefficient (Wildman–Crippen LogP) is 2.47. The van der Waals surface area contributed by atoms with Crippen molar-refractivity contribution < 1.29 is 0 Å². The largest absolute Gasteiger partial charge is 0.343 e. The van der Waals surface area contributed by atoms with E-state index in [2.05, 4.69) is 42.2 Å². The number of nitrogens with one attached hydrogen (secondary N) is 1. The van der Waals surface area contributed by atoms with Gasteiger partial charge in [-0.3, -0.25) is 4.57 Å². The molecular formula is C15H22N4OS. The molecule has 2 unspecified atom stereocenters. The Bertz CT molecular complexity index is 649. The van der Waals surface area contributed by atoms with Gasteiger partial charge in [0.05, 0.1) is 5.25 Å². The maximum atomic E-state index is 11.7. The van der Waals surface area contributed by atoms with Crippen molar-refractivity contribution in [2.75, 3.05) is 0 Å². The number of hydrogen-bond donors (Lipinski definition) is 2. The molecule has 0 amide bonds. The molecule has 114 valence electrons. The number of aromatic nitrogens is 3. The fourth-order valence-corrected chi connectivity index (χ4v) is 3.56. The number of benzene rings is 1. The van der Waals surface area contributed by atoms with E-state index in [1.54, 1.807) is 16.3 Å². The van der Waals surface area contributed by atoms with Crippen molar-refractivity contribution in [2.24, 2.45) is 5.73 Å². The van der Waals surface area contributed by atoms with Gasteiger partial charge < -0.3 is 5.73 Å². The molecule has 0 aliphatic heterocycles. The Labute approximate surface area is 128 Å². The summed E-state index contributed by atoms with van der Waals surface area (Å²) in [6, 6.07) is 8.35. The van der Waals surface area contributed by atoms with Crippen LogP contribution in [0.1, 0.15) is 36.6 Å². The SMILES string of the molecule is CCC(N)C(Sc1n[nH]c(=O)n1CC)c1cccc(C)c1. The van der Waals surface area contributed by atoms with Gasteiger partial charge in [0.2, 0.25) is 0 Å². The van der Waals surface area contributed by atoms with Crippen LogP contribution in [0.4, 0.5) is 0 Å². The maximum Gasteiger partial charge on any atom is 0.343 e. The van der Waals surface area contributed by atoms with Gasteiger partial charge in [-0.2, -0.15) is 0 Å². The second-order valence-corrected chi connectivity index (χ2v) is 6.19. The van der Waals surface area contributed by atoms with E-state index < -0.39 is 0 Å². The van der Waals surface area contributed by atoms with E-state index >= 15 is 0 Å². The van der Waals surface area contributed by atoms with Crippen molar-refractivity contribution in [3.63, 3.8) is 0 Å². The van der Waals surface area contributed by atoms with Gasteiger partial charge in [0.1, 0.15) is 0 Å². The van der Waals surface area contributed by atoms with E-state index in [1.807, 2.05) is 13.0 Å². The van der Waals surface area contributed by atoms with Gasteiger partial charge in [0.25, 0.3) is 0 Å². The molecule has 1 aromatic carbocycles. The number of H-pyrrole nitrogens is 1. The molecule has 0 radical (unpaired) electrons. The molecule has 5 nitrogen and oxygen atoms in total. The molecule has 0 spiro atoms.